The van der Waals surface area contributed by atoms with E-state index < -0.39 is 0 Å². The number of imide groups is 1. The number of amides is 2. The summed E-state index contributed by atoms with van der Waals surface area (Å²) in [7, 11) is 0. The zero-order valence-corrected chi connectivity index (χ0v) is 16.4. The predicted octanol–water partition coefficient (Wildman–Crippen LogP) is 1.40. The summed E-state index contributed by atoms with van der Waals surface area (Å²) in [6.45, 7) is 4.01. The second-order valence-electron chi connectivity index (χ2n) is 6.74. The number of benzene rings is 1. The molecule has 28 heavy (non-hydrogen) atoms. The number of hydrogen-bond acceptors (Lipinski definition) is 7. The van der Waals surface area contributed by atoms with E-state index in [4.69, 9.17) is 4.74 Å². The molecule has 1 aromatic heterocycles. The quantitative estimate of drug-likeness (QED) is 0.512. The van der Waals surface area contributed by atoms with E-state index in [0.29, 0.717) is 44.9 Å². The Kier molecular flexibility index (Phi) is 5.92. The monoisotopic (exact) mass is 401 g/mol. The molecule has 0 saturated carbocycles. The number of likely N-dealkylation sites (tertiary alicyclic amines) is 1. The van der Waals surface area contributed by atoms with Crippen LogP contribution >= 0.6 is 11.8 Å². The first-order valence-electron chi connectivity index (χ1n) is 9.48. The number of anilines is 1. The fraction of sp³-hybridized carbons (Fsp3) is 0.474. The van der Waals surface area contributed by atoms with Crippen molar-refractivity contribution in [1.29, 1.82) is 0 Å². The van der Waals surface area contributed by atoms with E-state index in [1.807, 2.05) is 18.2 Å². The predicted molar refractivity (Wildman–Crippen MR) is 105 cm³/mol. The van der Waals surface area contributed by atoms with Crippen LogP contribution in [0.15, 0.2) is 35.5 Å². The minimum Gasteiger partial charge on any atom is -0.378 e. The van der Waals surface area contributed by atoms with Gasteiger partial charge in [-0.3, -0.25) is 19.1 Å². The minimum atomic E-state index is -0.0784. The van der Waals surface area contributed by atoms with Crippen LogP contribution in [-0.4, -0.2) is 70.1 Å². The molecule has 148 valence electrons. The summed E-state index contributed by atoms with van der Waals surface area (Å²) in [6.07, 6.45) is 0.656. The lowest BCUT2D eigenvalue weighted by atomic mass is 10.2. The van der Waals surface area contributed by atoms with Crippen molar-refractivity contribution in [1.82, 2.24) is 19.7 Å². The molecule has 2 saturated heterocycles. The third-order valence-electron chi connectivity index (χ3n) is 4.88. The van der Waals surface area contributed by atoms with E-state index in [0.717, 1.165) is 24.2 Å². The Morgan fingerprint density at radius 1 is 1.00 bits per heavy atom. The normalized spacial score (nSPS) is 17.6. The summed E-state index contributed by atoms with van der Waals surface area (Å²) in [5, 5.41) is 9.62. The molecule has 2 aromatic rings. The number of rotatable bonds is 7. The molecule has 2 amide bonds. The van der Waals surface area contributed by atoms with Crippen LogP contribution in [0.2, 0.25) is 0 Å². The molecule has 0 radical (unpaired) electrons. The highest BCUT2D eigenvalue weighted by Crippen LogP contribution is 2.25. The first-order chi connectivity index (χ1) is 13.7. The maximum Gasteiger partial charge on any atom is 0.229 e. The Morgan fingerprint density at radius 2 is 1.71 bits per heavy atom. The molecular weight excluding hydrogens is 378 g/mol. The van der Waals surface area contributed by atoms with Crippen molar-refractivity contribution in [3.63, 3.8) is 0 Å². The average molecular weight is 401 g/mol. The standard InChI is InChI=1S/C19H23N5O3S/c25-16-6-7-17(26)23(16)10-13-28-19-21-20-18(22-8-11-27-12-9-22)24(19)14-15-4-2-1-3-5-15/h1-5H,6-14H2. The molecule has 8 nitrogen and oxygen atoms in total. The fourth-order valence-corrected chi connectivity index (χ4v) is 4.25. The molecular formula is C19H23N5O3S. The highest BCUT2D eigenvalue weighted by atomic mass is 32.2. The van der Waals surface area contributed by atoms with Crippen LogP contribution in [-0.2, 0) is 20.9 Å². The largest absolute Gasteiger partial charge is 0.378 e. The molecule has 0 unspecified atom stereocenters. The molecule has 9 heteroatoms. The summed E-state index contributed by atoms with van der Waals surface area (Å²) in [5.41, 5.74) is 1.17. The van der Waals surface area contributed by atoms with Crippen LogP contribution in [0.25, 0.3) is 0 Å². The van der Waals surface area contributed by atoms with E-state index >= 15 is 0 Å². The van der Waals surface area contributed by atoms with Crippen LogP contribution in [0.1, 0.15) is 18.4 Å². The van der Waals surface area contributed by atoms with Gasteiger partial charge in [0, 0.05) is 38.2 Å². The van der Waals surface area contributed by atoms with Crippen LogP contribution < -0.4 is 4.90 Å². The molecule has 2 fully saturated rings. The SMILES string of the molecule is O=C1CCC(=O)N1CCSc1nnc(N2CCOCC2)n1Cc1ccccc1. The minimum absolute atomic E-state index is 0.0784. The van der Waals surface area contributed by atoms with Crippen molar-refractivity contribution < 1.29 is 14.3 Å². The van der Waals surface area contributed by atoms with Gasteiger partial charge in [0.1, 0.15) is 0 Å². The van der Waals surface area contributed by atoms with E-state index in [1.165, 1.54) is 22.2 Å². The van der Waals surface area contributed by atoms with Crippen molar-refractivity contribution in [3.05, 3.63) is 35.9 Å². The Bertz CT molecular complexity index is 819. The summed E-state index contributed by atoms with van der Waals surface area (Å²) < 4.78 is 7.56. The van der Waals surface area contributed by atoms with Gasteiger partial charge in [-0.15, -0.1) is 10.2 Å². The van der Waals surface area contributed by atoms with Gasteiger partial charge < -0.3 is 9.64 Å². The van der Waals surface area contributed by atoms with Crippen molar-refractivity contribution in [2.45, 2.75) is 24.5 Å². The topological polar surface area (TPSA) is 80.6 Å². The van der Waals surface area contributed by atoms with Gasteiger partial charge in [-0.1, -0.05) is 42.1 Å². The average Bonchev–Trinajstić information content (AvgIpc) is 3.27. The summed E-state index contributed by atoms with van der Waals surface area (Å²) in [5.74, 6) is 1.28. The lowest BCUT2D eigenvalue weighted by molar-refractivity contribution is -0.137. The van der Waals surface area contributed by atoms with Gasteiger partial charge in [0.15, 0.2) is 5.16 Å². The maximum atomic E-state index is 11.8. The van der Waals surface area contributed by atoms with Gasteiger partial charge in [0.25, 0.3) is 0 Å². The molecule has 2 aliphatic heterocycles. The van der Waals surface area contributed by atoms with Gasteiger partial charge in [0.2, 0.25) is 17.8 Å². The maximum absolute atomic E-state index is 11.8. The number of aromatic nitrogens is 3. The number of hydrogen-bond donors (Lipinski definition) is 0. The van der Waals surface area contributed by atoms with Gasteiger partial charge in [0.05, 0.1) is 19.8 Å². The molecule has 4 rings (SSSR count). The van der Waals surface area contributed by atoms with Gasteiger partial charge in [-0.25, -0.2) is 0 Å². The summed E-state index contributed by atoms with van der Waals surface area (Å²) in [6, 6.07) is 10.2. The zero-order chi connectivity index (χ0) is 19.3. The lowest BCUT2D eigenvalue weighted by Gasteiger charge is -2.28. The molecule has 3 heterocycles. The van der Waals surface area contributed by atoms with Gasteiger partial charge >= 0.3 is 0 Å². The van der Waals surface area contributed by atoms with Crippen molar-refractivity contribution in [2.24, 2.45) is 0 Å². The Balaban J connectivity index is 1.49. The third kappa shape index (κ3) is 4.20. The molecule has 0 aliphatic carbocycles. The molecule has 2 aliphatic rings. The van der Waals surface area contributed by atoms with Crippen molar-refractivity contribution >= 4 is 29.5 Å². The van der Waals surface area contributed by atoms with Crippen molar-refractivity contribution in [2.75, 3.05) is 43.5 Å². The Morgan fingerprint density at radius 3 is 2.43 bits per heavy atom. The number of carbonyl (C=O) groups excluding carboxylic acids is 2. The van der Waals surface area contributed by atoms with Gasteiger partial charge in [-0.2, -0.15) is 0 Å². The van der Waals surface area contributed by atoms with E-state index in [9.17, 15) is 9.59 Å². The lowest BCUT2D eigenvalue weighted by Crippen LogP contribution is -2.38. The van der Waals surface area contributed by atoms with Crippen molar-refractivity contribution in [3.8, 4) is 0 Å². The number of carbonyl (C=O) groups is 2. The number of morpholine rings is 1. The van der Waals surface area contributed by atoms with Crippen LogP contribution in [0.3, 0.4) is 0 Å². The first-order valence-corrected chi connectivity index (χ1v) is 10.5. The molecule has 0 bridgehead atoms. The smallest absolute Gasteiger partial charge is 0.229 e. The van der Waals surface area contributed by atoms with E-state index in [2.05, 4.69) is 31.8 Å². The summed E-state index contributed by atoms with van der Waals surface area (Å²) in [4.78, 5) is 27.1. The molecule has 1 aromatic carbocycles. The number of ether oxygens (including phenoxy) is 1. The van der Waals surface area contributed by atoms with Crippen LogP contribution in [0, 0.1) is 0 Å². The zero-order valence-electron chi connectivity index (χ0n) is 15.6. The second kappa shape index (κ2) is 8.74. The number of nitrogens with zero attached hydrogens (tertiary/aromatic N) is 5. The second-order valence-corrected chi connectivity index (χ2v) is 7.80. The van der Waals surface area contributed by atoms with Crippen LogP contribution in [0.5, 0.6) is 0 Å². The Labute approximate surface area is 167 Å². The fourth-order valence-electron chi connectivity index (χ4n) is 3.39. The highest BCUT2D eigenvalue weighted by molar-refractivity contribution is 7.99. The van der Waals surface area contributed by atoms with Gasteiger partial charge in [-0.05, 0) is 5.56 Å². The molecule has 0 N–H and O–H groups in total. The third-order valence-corrected chi connectivity index (χ3v) is 5.82. The first kappa shape index (κ1) is 18.9. The number of thioether (sulfide) groups is 1. The van der Waals surface area contributed by atoms with Crippen LogP contribution in [0.4, 0.5) is 5.95 Å². The van der Waals surface area contributed by atoms with E-state index in [-0.39, 0.29) is 11.8 Å². The Hall–Kier alpha value is -2.39. The molecule has 0 atom stereocenters. The molecule has 0 spiro atoms. The summed E-state index contributed by atoms with van der Waals surface area (Å²) >= 11 is 1.53. The highest BCUT2D eigenvalue weighted by Gasteiger charge is 2.28. The van der Waals surface area contributed by atoms with E-state index in [1.54, 1.807) is 0 Å².